The van der Waals surface area contributed by atoms with Crippen molar-refractivity contribution < 1.29 is 9.53 Å². The summed E-state index contributed by atoms with van der Waals surface area (Å²) in [6, 6.07) is 7.35. The number of ether oxygens (including phenoxy) is 1. The van der Waals surface area contributed by atoms with Crippen LogP contribution in [0.4, 0.5) is 10.8 Å². The van der Waals surface area contributed by atoms with Gasteiger partial charge in [-0.15, -0.1) is 11.3 Å². The van der Waals surface area contributed by atoms with E-state index in [2.05, 4.69) is 10.3 Å². The largest absolute Gasteiger partial charge is 0.495 e. The zero-order chi connectivity index (χ0) is 15.9. The fourth-order valence-electron chi connectivity index (χ4n) is 2.04. The summed E-state index contributed by atoms with van der Waals surface area (Å²) in [5.74, 6) is 0.568. The van der Waals surface area contributed by atoms with Gasteiger partial charge in [-0.25, -0.2) is 4.98 Å². The minimum Gasteiger partial charge on any atom is -0.495 e. The maximum atomic E-state index is 12.2. The Morgan fingerprint density at radius 3 is 2.86 bits per heavy atom. The van der Waals surface area contributed by atoms with Crippen LogP contribution in [-0.2, 0) is 11.3 Å². The van der Waals surface area contributed by atoms with E-state index in [0.29, 0.717) is 29.7 Å². The summed E-state index contributed by atoms with van der Waals surface area (Å²) in [5.41, 5.74) is 6.30. The first kappa shape index (κ1) is 16.3. The van der Waals surface area contributed by atoms with Gasteiger partial charge in [0.15, 0.2) is 5.13 Å². The molecule has 1 aromatic carbocycles. The van der Waals surface area contributed by atoms with Gasteiger partial charge < -0.3 is 15.8 Å². The second-order valence-electron chi connectivity index (χ2n) is 4.72. The van der Waals surface area contributed by atoms with Crippen molar-refractivity contribution in [3.63, 3.8) is 0 Å². The zero-order valence-corrected chi connectivity index (χ0v) is 13.5. The monoisotopic (exact) mass is 320 g/mol. The van der Waals surface area contributed by atoms with Gasteiger partial charge in [0.25, 0.3) is 0 Å². The van der Waals surface area contributed by atoms with Gasteiger partial charge in [0.2, 0.25) is 5.91 Å². The lowest BCUT2D eigenvalue weighted by molar-refractivity contribution is -0.117. The Bertz CT molecular complexity index is 630. The summed E-state index contributed by atoms with van der Waals surface area (Å²) in [6.45, 7) is 3.73. The number of benzene rings is 1. The Balaban J connectivity index is 1.94. The van der Waals surface area contributed by atoms with Gasteiger partial charge in [0.05, 0.1) is 19.3 Å². The van der Waals surface area contributed by atoms with E-state index in [1.165, 1.54) is 11.3 Å². The number of nitrogens with two attached hydrogens (primary N) is 1. The molecule has 0 aliphatic rings. The second-order valence-corrected chi connectivity index (χ2v) is 5.86. The molecule has 0 aliphatic heterocycles. The van der Waals surface area contributed by atoms with Crippen LogP contribution in [0.3, 0.4) is 0 Å². The standard InChI is InChI=1S/C15H20N4O2S/c1-3-19(9-11-8-17-15(16)22-11)10-14(20)18-12-6-4-5-7-13(12)21-2/h4-8H,3,9-10H2,1-2H3,(H2,16,17)(H,18,20). The van der Waals surface area contributed by atoms with Gasteiger partial charge in [-0.1, -0.05) is 19.1 Å². The van der Waals surface area contributed by atoms with Gasteiger partial charge in [-0.05, 0) is 18.7 Å². The summed E-state index contributed by atoms with van der Waals surface area (Å²) < 4.78 is 5.23. The average molecular weight is 320 g/mol. The zero-order valence-electron chi connectivity index (χ0n) is 12.7. The summed E-state index contributed by atoms with van der Waals surface area (Å²) in [7, 11) is 1.58. The molecule has 0 radical (unpaired) electrons. The van der Waals surface area contributed by atoms with E-state index in [1.807, 2.05) is 36.1 Å². The molecule has 0 saturated carbocycles. The van der Waals surface area contributed by atoms with Gasteiger partial charge in [-0.3, -0.25) is 9.69 Å². The lowest BCUT2D eigenvalue weighted by Crippen LogP contribution is -2.32. The van der Waals surface area contributed by atoms with Crippen LogP contribution in [0.2, 0.25) is 0 Å². The highest BCUT2D eigenvalue weighted by Gasteiger charge is 2.13. The molecule has 0 spiro atoms. The number of methoxy groups -OCH3 is 1. The van der Waals surface area contributed by atoms with Crippen LogP contribution in [0.25, 0.3) is 0 Å². The summed E-state index contributed by atoms with van der Waals surface area (Å²) >= 11 is 1.44. The Kier molecular flexibility index (Phi) is 5.74. The highest BCUT2D eigenvalue weighted by Crippen LogP contribution is 2.23. The second kappa shape index (κ2) is 7.77. The van der Waals surface area contributed by atoms with Gasteiger partial charge >= 0.3 is 0 Å². The molecule has 2 aromatic rings. The molecule has 1 aromatic heterocycles. The number of likely N-dealkylation sites (N-methyl/N-ethyl adjacent to an activating group) is 1. The number of rotatable bonds is 7. The molecule has 118 valence electrons. The van der Waals surface area contributed by atoms with E-state index in [0.717, 1.165) is 11.4 Å². The van der Waals surface area contributed by atoms with E-state index < -0.39 is 0 Å². The highest BCUT2D eigenvalue weighted by atomic mass is 32.1. The predicted molar refractivity (Wildman–Crippen MR) is 89.1 cm³/mol. The number of amides is 1. The molecule has 0 atom stereocenters. The number of nitrogen functional groups attached to an aromatic ring is 1. The van der Waals surface area contributed by atoms with Crippen LogP contribution >= 0.6 is 11.3 Å². The van der Waals surface area contributed by atoms with Gasteiger partial charge in [0, 0.05) is 17.6 Å². The van der Waals surface area contributed by atoms with Gasteiger partial charge in [0.1, 0.15) is 5.75 Å². The minimum atomic E-state index is -0.0798. The van der Waals surface area contributed by atoms with Crippen molar-refractivity contribution in [2.24, 2.45) is 0 Å². The van der Waals surface area contributed by atoms with Crippen molar-refractivity contribution in [2.45, 2.75) is 13.5 Å². The molecule has 0 aliphatic carbocycles. The van der Waals surface area contributed by atoms with E-state index in [9.17, 15) is 4.79 Å². The fourth-order valence-corrected chi connectivity index (χ4v) is 2.76. The molecule has 0 saturated heterocycles. The first-order valence-corrected chi connectivity index (χ1v) is 7.79. The molecule has 0 fully saturated rings. The van der Waals surface area contributed by atoms with Crippen LogP contribution < -0.4 is 15.8 Å². The molecular formula is C15H20N4O2S. The first-order chi connectivity index (χ1) is 10.6. The summed E-state index contributed by atoms with van der Waals surface area (Å²) in [6.07, 6.45) is 1.75. The van der Waals surface area contributed by atoms with Crippen LogP contribution in [0, 0.1) is 0 Å². The lowest BCUT2D eigenvalue weighted by atomic mass is 10.3. The molecule has 3 N–H and O–H groups in total. The summed E-state index contributed by atoms with van der Waals surface area (Å²) in [4.78, 5) is 19.3. The highest BCUT2D eigenvalue weighted by molar-refractivity contribution is 7.15. The molecular weight excluding hydrogens is 300 g/mol. The molecule has 1 heterocycles. The van der Waals surface area contributed by atoms with E-state index in [4.69, 9.17) is 10.5 Å². The summed E-state index contributed by atoms with van der Waals surface area (Å²) in [5, 5.41) is 3.42. The lowest BCUT2D eigenvalue weighted by Gasteiger charge is -2.19. The number of thiazole rings is 1. The molecule has 7 heteroatoms. The molecule has 6 nitrogen and oxygen atoms in total. The van der Waals surface area contributed by atoms with E-state index >= 15 is 0 Å². The van der Waals surface area contributed by atoms with E-state index in [-0.39, 0.29) is 5.91 Å². The maximum Gasteiger partial charge on any atom is 0.238 e. The molecule has 0 bridgehead atoms. The predicted octanol–water partition coefficient (Wildman–Crippen LogP) is 2.19. The van der Waals surface area contributed by atoms with Crippen molar-refractivity contribution in [1.29, 1.82) is 0 Å². The number of hydrogen-bond acceptors (Lipinski definition) is 6. The normalized spacial score (nSPS) is 10.7. The van der Waals surface area contributed by atoms with Crippen LogP contribution in [-0.4, -0.2) is 36.0 Å². The third-order valence-corrected chi connectivity index (χ3v) is 3.96. The SMILES string of the molecule is CCN(CC(=O)Nc1ccccc1OC)Cc1cnc(N)s1. The smallest absolute Gasteiger partial charge is 0.238 e. The third kappa shape index (κ3) is 4.44. The van der Waals surface area contributed by atoms with Crippen molar-refractivity contribution in [3.8, 4) is 5.75 Å². The minimum absolute atomic E-state index is 0.0798. The number of nitrogens with one attached hydrogen (secondary N) is 1. The number of para-hydroxylation sites is 2. The number of carbonyl (C=O) groups excluding carboxylic acids is 1. The Labute approximate surface area is 133 Å². The van der Waals surface area contributed by atoms with Crippen molar-refractivity contribution in [2.75, 3.05) is 31.2 Å². The van der Waals surface area contributed by atoms with Crippen LogP contribution in [0.1, 0.15) is 11.8 Å². The maximum absolute atomic E-state index is 12.2. The fraction of sp³-hybridized carbons (Fsp3) is 0.333. The van der Waals surface area contributed by atoms with E-state index in [1.54, 1.807) is 13.3 Å². The topological polar surface area (TPSA) is 80.5 Å². The average Bonchev–Trinajstić information content (AvgIpc) is 2.92. The quantitative estimate of drug-likeness (QED) is 0.817. The number of carbonyl (C=O) groups is 1. The molecule has 22 heavy (non-hydrogen) atoms. The van der Waals surface area contributed by atoms with Crippen molar-refractivity contribution >= 4 is 28.1 Å². The number of hydrogen-bond donors (Lipinski definition) is 2. The Morgan fingerprint density at radius 1 is 1.45 bits per heavy atom. The van der Waals surface area contributed by atoms with Crippen LogP contribution in [0.5, 0.6) is 5.75 Å². The van der Waals surface area contributed by atoms with Crippen molar-refractivity contribution in [3.05, 3.63) is 35.3 Å². The Morgan fingerprint density at radius 2 is 2.23 bits per heavy atom. The number of anilines is 2. The van der Waals surface area contributed by atoms with Crippen LogP contribution in [0.15, 0.2) is 30.5 Å². The first-order valence-electron chi connectivity index (χ1n) is 6.97. The third-order valence-electron chi connectivity index (χ3n) is 3.15. The molecule has 0 unspecified atom stereocenters. The number of aromatic nitrogens is 1. The van der Waals surface area contributed by atoms with Crippen molar-refractivity contribution in [1.82, 2.24) is 9.88 Å². The number of nitrogens with zero attached hydrogens (tertiary/aromatic N) is 2. The Hall–Kier alpha value is -2.12. The molecule has 2 rings (SSSR count). The van der Waals surface area contributed by atoms with Gasteiger partial charge in [-0.2, -0.15) is 0 Å². The molecule has 1 amide bonds.